The molecule has 0 atom stereocenters. The number of benzene rings is 2. The zero-order valence-electron chi connectivity index (χ0n) is 22.4. The minimum atomic E-state index is -0.209. The Balaban J connectivity index is 1.30. The molecule has 9 nitrogen and oxygen atoms in total. The van der Waals surface area contributed by atoms with Crippen molar-refractivity contribution in [2.24, 2.45) is 0 Å². The van der Waals surface area contributed by atoms with Crippen LogP contribution in [0.25, 0.3) is 21.8 Å². The van der Waals surface area contributed by atoms with Gasteiger partial charge in [-0.3, -0.25) is 9.59 Å². The van der Waals surface area contributed by atoms with E-state index in [-0.39, 0.29) is 11.1 Å². The van der Waals surface area contributed by atoms with Gasteiger partial charge < -0.3 is 28.1 Å². The fraction of sp³-hybridized carbons (Fsp3) is 0.258. The summed E-state index contributed by atoms with van der Waals surface area (Å²) in [7, 11) is 3.19. The molecule has 0 bridgehead atoms. The summed E-state index contributed by atoms with van der Waals surface area (Å²) >= 11 is 0. The number of nitrogens with zero attached hydrogens (tertiary/aromatic N) is 3. The van der Waals surface area contributed by atoms with E-state index in [1.165, 1.54) is 0 Å². The number of aryl methyl sites for hydroxylation is 2. The molecule has 1 aliphatic rings. The van der Waals surface area contributed by atoms with Crippen LogP contribution in [0.1, 0.15) is 17.5 Å². The molecule has 0 aliphatic carbocycles. The van der Waals surface area contributed by atoms with Crippen molar-refractivity contribution in [1.82, 2.24) is 14.1 Å². The predicted molar refractivity (Wildman–Crippen MR) is 152 cm³/mol. The van der Waals surface area contributed by atoms with Crippen LogP contribution in [-0.4, -0.2) is 41.6 Å². The van der Waals surface area contributed by atoms with E-state index >= 15 is 0 Å². The van der Waals surface area contributed by atoms with E-state index in [0.717, 1.165) is 17.5 Å². The lowest BCUT2D eigenvalue weighted by atomic mass is 10.1. The van der Waals surface area contributed by atoms with Gasteiger partial charge in [0.1, 0.15) is 0 Å². The minimum Gasteiger partial charge on any atom is -0.493 e. The number of hydrogen-bond acceptors (Lipinski definition) is 7. The molecule has 204 valence electrons. The normalized spacial score (nSPS) is 12.8. The monoisotopic (exact) mass is 539 g/mol. The largest absolute Gasteiger partial charge is 0.493 e. The van der Waals surface area contributed by atoms with Gasteiger partial charge in [-0.2, -0.15) is 0 Å². The molecular formula is C31H29N3O6. The van der Waals surface area contributed by atoms with Gasteiger partial charge in [0.05, 0.1) is 55.8 Å². The van der Waals surface area contributed by atoms with E-state index in [2.05, 4.69) is 4.98 Å². The molecule has 2 aromatic carbocycles. The van der Waals surface area contributed by atoms with E-state index in [9.17, 15) is 9.59 Å². The summed E-state index contributed by atoms with van der Waals surface area (Å²) in [6.45, 7) is 2.03. The van der Waals surface area contributed by atoms with Crippen LogP contribution >= 0.6 is 0 Å². The summed E-state index contributed by atoms with van der Waals surface area (Å²) < 4.78 is 25.5. The smallest absolute Gasteiger partial charge is 0.260 e. The molecule has 0 saturated carbocycles. The summed E-state index contributed by atoms with van der Waals surface area (Å²) in [5, 5.41) is 0.812. The van der Waals surface area contributed by atoms with Gasteiger partial charge >= 0.3 is 0 Å². The Bertz CT molecular complexity index is 1840. The van der Waals surface area contributed by atoms with Gasteiger partial charge in [-0.05, 0) is 60.0 Å². The van der Waals surface area contributed by atoms with Crippen LogP contribution in [0, 0.1) is 0 Å². The lowest BCUT2D eigenvalue weighted by Gasteiger charge is -2.12. The molecule has 0 fully saturated rings. The van der Waals surface area contributed by atoms with Crippen LogP contribution in [-0.2, 0) is 19.5 Å². The second-order valence-corrected chi connectivity index (χ2v) is 9.69. The first-order valence-corrected chi connectivity index (χ1v) is 13.2. The third-order valence-electron chi connectivity index (χ3n) is 7.14. The Labute approximate surface area is 230 Å². The summed E-state index contributed by atoms with van der Waals surface area (Å²) in [6.07, 6.45) is 4.93. The third kappa shape index (κ3) is 4.86. The number of methoxy groups -OCH3 is 2. The second kappa shape index (κ2) is 10.8. The third-order valence-corrected chi connectivity index (χ3v) is 7.14. The van der Waals surface area contributed by atoms with Crippen molar-refractivity contribution in [2.45, 2.75) is 25.9 Å². The summed E-state index contributed by atoms with van der Waals surface area (Å²) in [4.78, 5) is 31.5. The lowest BCUT2D eigenvalue weighted by Crippen LogP contribution is -2.23. The molecule has 1 aliphatic heterocycles. The highest BCUT2D eigenvalue weighted by Crippen LogP contribution is 2.31. The molecule has 0 amide bonds. The number of aromatic nitrogens is 3. The van der Waals surface area contributed by atoms with Crippen LogP contribution in [0.2, 0.25) is 0 Å². The predicted octanol–water partition coefficient (Wildman–Crippen LogP) is 4.18. The molecule has 6 rings (SSSR count). The van der Waals surface area contributed by atoms with Gasteiger partial charge in [0, 0.05) is 25.4 Å². The zero-order valence-corrected chi connectivity index (χ0v) is 22.4. The highest BCUT2D eigenvalue weighted by atomic mass is 16.5. The topological polar surface area (TPSA) is 93.8 Å². The van der Waals surface area contributed by atoms with Gasteiger partial charge in [-0.1, -0.05) is 12.1 Å². The molecule has 3 aromatic heterocycles. The summed E-state index contributed by atoms with van der Waals surface area (Å²) in [5.74, 6) is 2.70. The molecule has 5 aromatic rings. The number of ether oxygens (including phenoxy) is 4. The van der Waals surface area contributed by atoms with Crippen LogP contribution in [0.4, 0.5) is 0 Å². The molecule has 40 heavy (non-hydrogen) atoms. The van der Waals surface area contributed by atoms with Crippen molar-refractivity contribution < 1.29 is 18.9 Å². The van der Waals surface area contributed by atoms with Gasteiger partial charge in [0.25, 0.3) is 11.1 Å². The van der Waals surface area contributed by atoms with Crippen molar-refractivity contribution in [3.05, 3.63) is 98.8 Å². The fourth-order valence-corrected chi connectivity index (χ4v) is 4.99. The van der Waals surface area contributed by atoms with Crippen molar-refractivity contribution in [3.63, 3.8) is 0 Å². The van der Waals surface area contributed by atoms with Gasteiger partial charge in [-0.25, -0.2) is 4.98 Å². The molecule has 9 heteroatoms. The molecular weight excluding hydrogens is 510 g/mol. The molecule has 0 spiro atoms. The molecule has 4 heterocycles. The standard InChI is InChI=1S/C31H29N3O6/c1-37-26-6-4-20(16-28(26)38-2)8-11-33-12-9-24-22(30(33)35)18-23-25(32-24)10-13-34(31(23)36)19-21-5-7-27-29(17-21)40-15-3-14-39-27/h4-7,9-10,12-13,16-18H,3,8,11,14-15,19H2,1-2H3. The molecule has 0 N–H and O–H groups in total. The second-order valence-electron chi connectivity index (χ2n) is 9.69. The zero-order chi connectivity index (χ0) is 27.6. The van der Waals surface area contributed by atoms with E-state index < -0.39 is 0 Å². The van der Waals surface area contributed by atoms with E-state index in [4.69, 9.17) is 18.9 Å². The highest BCUT2D eigenvalue weighted by molar-refractivity contribution is 5.91. The maximum Gasteiger partial charge on any atom is 0.260 e. The van der Waals surface area contributed by atoms with Gasteiger partial charge in [0.2, 0.25) is 0 Å². The van der Waals surface area contributed by atoms with E-state index in [1.807, 2.05) is 48.5 Å². The van der Waals surface area contributed by atoms with Crippen molar-refractivity contribution in [2.75, 3.05) is 27.4 Å². The first-order valence-electron chi connectivity index (χ1n) is 13.2. The first-order chi connectivity index (χ1) is 19.5. The van der Waals surface area contributed by atoms with Crippen molar-refractivity contribution in [1.29, 1.82) is 0 Å². The quantitative estimate of drug-likeness (QED) is 0.287. The van der Waals surface area contributed by atoms with E-state index in [0.29, 0.717) is 77.5 Å². The molecule has 0 radical (unpaired) electrons. The number of fused-ring (bicyclic) bond motifs is 3. The maximum atomic E-state index is 13.5. The van der Waals surface area contributed by atoms with Crippen molar-refractivity contribution >= 4 is 21.8 Å². The van der Waals surface area contributed by atoms with Crippen molar-refractivity contribution in [3.8, 4) is 23.0 Å². The van der Waals surface area contributed by atoms with Crippen LogP contribution in [0.15, 0.2) is 76.6 Å². The number of rotatable bonds is 7. The van der Waals surface area contributed by atoms with Gasteiger partial charge in [0.15, 0.2) is 23.0 Å². The maximum absolute atomic E-state index is 13.5. The number of pyridine rings is 3. The Hall–Kier alpha value is -4.79. The Kier molecular flexibility index (Phi) is 6.86. The Morgan fingerprint density at radius 2 is 1.43 bits per heavy atom. The minimum absolute atomic E-state index is 0.190. The number of hydrogen-bond donors (Lipinski definition) is 0. The Morgan fingerprint density at radius 3 is 2.17 bits per heavy atom. The lowest BCUT2D eigenvalue weighted by molar-refractivity contribution is 0.297. The van der Waals surface area contributed by atoms with E-state index in [1.54, 1.807) is 41.8 Å². The first kappa shape index (κ1) is 25.5. The Morgan fingerprint density at radius 1 is 0.750 bits per heavy atom. The molecule has 0 saturated heterocycles. The van der Waals surface area contributed by atoms with Crippen LogP contribution in [0.5, 0.6) is 23.0 Å². The SMILES string of the molecule is COc1ccc(CCn2ccc3nc4ccn(Cc5ccc6c(c5)OCCCO6)c(=O)c4cc3c2=O)cc1OC. The fourth-order valence-electron chi connectivity index (χ4n) is 4.99. The average Bonchev–Trinajstić information content (AvgIpc) is 3.23. The van der Waals surface area contributed by atoms with Gasteiger partial charge in [-0.15, -0.1) is 0 Å². The highest BCUT2D eigenvalue weighted by Gasteiger charge is 2.14. The average molecular weight is 540 g/mol. The molecule has 0 unspecified atom stereocenters. The van der Waals surface area contributed by atoms with Crippen LogP contribution in [0.3, 0.4) is 0 Å². The van der Waals surface area contributed by atoms with Crippen LogP contribution < -0.4 is 30.1 Å². The summed E-state index contributed by atoms with van der Waals surface area (Å²) in [6, 6.07) is 16.7. The summed E-state index contributed by atoms with van der Waals surface area (Å²) in [5.41, 5.74) is 2.63.